The van der Waals surface area contributed by atoms with Crippen LogP contribution in [0.15, 0.2) is 42.5 Å². The van der Waals surface area contributed by atoms with E-state index in [1.54, 1.807) is 17.7 Å². The summed E-state index contributed by atoms with van der Waals surface area (Å²) in [6, 6.07) is 13.9. The van der Waals surface area contributed by atoms with Gasteiger partial charge in [0.2, 0.25) is 0 Å². The standard InChI is InChI=1S/C24H28FN3O/c1-26-22-4-2-3-19-20-15-27(13-14-29-18-7-5-17(25)6-8-18)12-9-21(20)28(23(19)22)16-24(26)10-11-24/h2-8,20-21H,9-16H2,1H3. The lowest BCUT2D eigenvalue weighted by molar-refractivity contribution is 0.160. The number of likely N-dealkylation sites (tertiary alicyclic amines) is 1. The van der Waals surface area contributed by atoms with Gasteiger partial charge >= 0.3 is 0 Å². The molecule has 3 heterocycles. The molecular formula is C24H28FN3O. The first-order valence-electron chi connectivity index (χ1n) is 10.9. The first-order chi connectivity index (χ1) is 14.1. The van der Waals surface area contributed by atoms with E-state index in [4.69, 9.17) is 4.74 Å². The van der Waals surface area contributed by atoms with Crippen LogP contribution in [0.2, 0.25) is 0 Å². The summed E-state index contributed by atoms with van der Waals surface area (Å²) in [5.41, 5.74) is 4.87. The lowest BCUT2D eigenvalue weighted by Crippen LogP contribution is -2.54. The molecule has 0 radical (unpaired) electrons. The molecule has 4 nitrogen and oxygen atoms in total. The summed E-state index contributed by atoms with van der Waals surface area (Å²) in [6.45, 7) is 4.98. The molecule has 1 aliphatic carbocycles. The summed E-state index contributed by atoms with van der Waals surface area (Å²) in [7, 11) is 2.29. The number of benzene rings is 2. The summed E-state index contributed by atoms with van der Waals surface area (Å²) in [5.74, 6) is 1.11. The SMILES string of the molecule is CN1c2cccc3c2N(CC12CC2)C1CCN(CCOc2ccc(F)cc2)CC31. The van der Waals surface area contributed by atoms with Crippen molar-refractivity contribution in [1.82, 2.24) is 4.90 Å². The number of halogens is 1. The maximum atomic E-state index is 13.0. The van der Waals surface area contributed by atoms with Crippen LogP contribution in [0, 0.1) is 5.82 Å². The fourth-order valence-electron chi connectivity index (χ4n) is 5.82. The summed E-state index contributed by atoms with van der Waals surface area (Å²) < 4.78 is 18.9. The van der Waals surface area contributed by atoms with E-state index in [1.165, 1.54) is 49.3 Å². The lowest BCUT2D eigenvalue weighted by atomic mass is 9.89. The zero-order valence-electron chi connectivity index (χ0n) is 17.0. The van der Waals surface area contributed by atoms with Crippen molar-refractivity contribution < 1.29 is 9.13 Å². The predicted molar refractivity (Wildman–Crippen MR) is 114 cm³/mol. The monoisotopic (exact) mass is 393 g/mol. The molecule has 2 atom stereocenters. The van der Waals surface area contributed by atoms with Crippen LogP contribution >= 0.6 is 0 Å². The third-order valence-electron chi connectivity index (χ3n) is 7.65. The average molecular weight is 394 g/mol. The van der Waals surface area contributed by atoms with E-state index in [0.29, 0.717) is 24.1 Å². The van der Waals surface area contributed by atoms with Gasteiger partial charge < -0.3 is 14.5 Å². The van der Waals surface area contributed by atoms with Crippen LogP contribution in [0.25, 0.3) is 0 Å². The number of piperidine rings is 1. The molecule has 0 N–H and O–H groups in total. The van der Waals surface area contributed by atoms with Crippen molar-refractivity contribution in [2.75, 3.05) is 49.6 Å². The van der Waals surface area contributed by atoms with Crippen molar-refractivity contribution in [1.29, 1.82) is 0 Å². The van der Waals surface area contributed by atoms with E-state index in [0.717, 1.165) is 25.4 Å². The molecule has 0 bridgehead atoms. The molecule has 1 spiro atoms. The molecule has 6 rings (SSSR count). The minimum Gasteiger partial charge on any atom is -0.492 e. The molecule has 2 fully saturated rings. The number of para-hydroxylation sites is 1. The van der Waals surface area contributed by atoms with E-state index in [2.05, 4.69) is 39.9 Å². The first kappa shape index (κ1) is 17.6. The normalized spacial score (nSPS) is 26.4. The van der Waals surface area contributed by atoms with Crippen molar-refractivity contribution in [2.45, 2.75) is 36.8 Å². The second-order valence-corrected chi connectivity index (χ2v) is 9.19. The number of likely N-dealkylation sites (N-methyl/N-ethyl adjacent to an activating group) is 1. The van der Waals surface area contributed by atoms with Gasteiger partial charge in [-0.1, -0.05) is 12.1 Å². The molecule has 0 amide bonds. The Labute approximate surface area is 171 Å². The van der Waals surface area contributed by atoms with Gasteiger partial charge in [0, 0.05) is 45.2 Å². The zero-order valence-corrected chi connectivity index (χ0v) is 17.0. The van der Waals surface area contributed by atoms with E-state index in [1.807, 2.05) is 0 Å². The van der Waals surface area contributed by atoms with Crippen LogP contribution in [0.4, 0.5) is 15.8 Å². The number of hydrogen-bond donors (Lipinski definition) is 0. The van der Waals surface area contributed by atoms with Crippen molar-refractivity contribution in [3.63, 3.8) is 0 Å². The van der Waals surface area contributed by atoms with Crippen LogP contribution in [0.1, 0.15) is 30.7 Å². The fourth-order valence-corrected chi connectivity index (χ4v) is 5.82. The Hall–Kier alpha value is -2.27. The van der Waals surface area contributed by atoms with Gasteiger partial charge in [0.1, 0.15) is 18.2 Å². The maximum Gasteiger partial charge on any atom is 0.123 e. The Morgan fingerprint density at radius 1 is 1.14 bits per heavy atom. The quantitative estimate of drug-likeness (QED) is 0.785. The molecule has 2 unspecified atom stereocenters. The van der Waals surface area contributed by atoms with Gasteiger partial charge in [-0.2, -0.15) is 0 Å². The molecule has 2 aromatic carbocycles. The van der Waals surface area contributed by atoms with E-state index in [9.17, 15) is 4.39 Å². The second kappa shape index (κ2) is 6.36. The largest absolute Gasteiger partial charge is 0.492 e. The minimum absolute atomic E-state index is 0.223. The Bertz CT molecular complexity index is 926. The van der Waals surface area contributed by atoms with E-state index < -0.39 is 0 Å². The van der Waals surface area contributed by atoms with Gasteiger partial charge in [0.15, 0.2) is 0 Å². The molecule has 1 saturated heterocycles. The second-order valence-electron chi connectivity index (χ2n) is 9.19. The van der Waals surface area contributed by atoms with Gasteiger partial charge in [0.05, 0.1) is 16.9 Å². The predicted octanol–water partition coefficient (Wildman–Crippen LogP) is 3.87. The van der Waals surface area contributed by atoms with Crippen LogP contribution in [-0.4, -0.2) is 56.3 Å². The Morgan fingerprint density at radius 2 is 1.97 bits per heavy atom. The highest BCUT2D eigenvalue weighted by Gasteiger charge is 2.56. The molecule has 152 valence electrons. The number of anilines is 2. The van der Waals surface area contributed by atoms with Gasteiger partial charge in [0.25, 0.3) is 0 Å². The summed E-state index contributed by atoms with van der Waals surface area (Å²) >= 11 is 0. The fraction of sp³-hybridized carbons (Fsp3) is 0.500. The van der Waals surface area contributed by atoms with Gasteiger partial charge in [-0.15, -0.1) is 0 Å². The van der Waals surface area contributed by atoms with Crippen LogP contribution in [-0.2, 0) is 0 Å². The lowest BCUT2D eigenvalue weighted by Gasteiger charge is -2.46. The van der Waals surface area contributed by atoms with E-state index >= 15 is 0 Å². The minimum atomic E-state index is -0.223. The van der Waals surface area contributed by atoms with Crippen molar-refractivity contribution in [3.05, 3.63) is 53.8 Å². The molecule has 0 aromatic heterocycles. The molecule has 4 aliphatic rings. The first-order valence-corrected chi connectivity index (χ1v) is 10.9. The van der Waals surface area contributed by atoms with Gasteiger partial charge in [-0.3, -0.25) is 4.90 Å². The topological polar surface area (TPSA) is 19.0 Å². The molecule has 2 aromatic rings. The average Bonchev–Trinajstić information content (AvgIpc) is 3.45. The van der Waals surface area contributed by atoms with Crippen molar-refractivity contribution in [2.24, 2.45) is 0 Å². The maximum absolute atomic E-state index is 13.0. The zero-order chi connectivity index (χ0) is 19.6. The number of nitrogens with zero attached hydrogens (tertiary/aromatic N) is 3. The number of hydrogen-bond acceptors (Lipinski definition) is 4. The van der Waals surface area contributed by atoms with Crippen LogP contribution < -0.4 is 14.5 Å². The molecule has 5 heteroatoms. The summed E-state index contributed by atoms with van der Waals surface area (Å²) in [5, 5.41) is 0. The van der Waals surface area contributed by atoms with Gasteiger partial charge in [-0.05, 0) is 55.2 Å². The van der Waals surface area contributed by atoms with Crippen LogP contribution in [0.3, 0.4) is 0 Å². The van der Waals surface area contributed by atoms with Crippen molar-refractivity contribution >= 4 is 11.4 Å². The number of rotatable bonds is 4. The number of ether oxygens (including phenoxy) is 1. The molecule has 1 saturated carbocycles. The molecule has 3 aliphatic heterocycles. The highest BCUT2D eigenvalue weighted by atomic mass is 19.1. The van der Waals surface area contributed by atoms with Crippen LogP contribution in [0.5, 0.6) is 5.75 Å². The molecule has 29 heavy (non-hydrogen) atoms. The van der Waals surface area contributed by atoms with Gasteiger partial charge in [-0.25, -0.2) is 4.39 Å². The third-order valence-corrected chi connectivity index (χ3v) is 7.65. The van der Waals surface area contributed by atoms with Crippen molar-refractivity contribution in [3.8, 4) is 5.75 Å². The van der Waals surface area contributed by atoms with E-state index in [-0.39, 0.29) is 5.82 Å². The highest BCUT2D eigenvalue weighted by molar-refractivity contribution is 5.82. The Morgan fingerprint density at radius 3 is 2.76 bits per heavy atom. The Balaban J connectivity index is 1.17. The highest BCUT2D eigenvalue weighted by Crippen LogP contribution is 2.57. The smallest absolute Gasteiger partial charge is 0.123 e. The third kappa shape index (κ3) is 2.74. The molecular weight excluding hydrogens is 365 g/mol. The summed E-state index contributed by atoms with van der Waals surface area (Å²) in [4.78, 5) is 7.86. The Kier molecular flexibility index (Phi) is 3.86. The number of fused-ring (bicyclic) bond motifs is 3. The summed E-state index contributed by atoms with van der Waals surface area (Å²) in [6.07, 6.45) is 3.87.